The lowest BCUT2D eigenvalue weighted by molar-refractivity contribution is 1.18. The summed E-state index contributed by atoms with van der Waals surface area (Å²) in [6.45, 7) is 4.00. The van der Waals surface area contributed by atoms with Gasteiger partial charge in [0, 0.05) is 42.2 Å². The minimum absolute atomic E-state index is 1.18. The van der Waals surface area contributed by atoms with Gasteiger partial charge in [0.25, 0.3) is 0 Å². The first-order valence-corrected chi connectivity index (χ1v) is 16.3. The zero-order chi connectivity index (χ0) is 29.4. The molecule has 2 aromatic heterocycles. The highest BCUT2D eigenvalue weighted by Crippen LogP contribution is 2.48. The second kappa shape index (κ2) is 9.67. The molecule has 0 unspecified atom stereocenters. The molecule has 0 bridgehead atoms. The van der Waals surface area contributed by atoms with Crippen LogP contribution in [0.1, 0.15) is 13.8 Å². The summed E-state index contributed by atoms with van der Waals surface area (Å²) < 4.78 is 5.15. The molecule has 0 N–H and O–H groups in total. The highest BCUT2D eigenvalue weighted by atomic mass is 32.1. The Labute approximate surface area is 259 Å². The summed E-state index contributed by atoms with van der Waals surface area (Å²) in [5, 5.41) is 13.2. The number of aromatic nitrogens is 1. The van der Waals surface area contributed by atoms with Gasteiger partial charge in [0.15, 0.2) is 0 Å². The van der Waals surface area contributed by atoms with Crippen molar-refractivity contribution in [2.45, 2.75) is 13.8 Å². The fraction of sp³-hybridized carbons (Fsp3) is 0.0476. The third kappa shape index (κ3) is 3.40. The van der Waals surface area contributed by atoms with Crippen molar-refractivity contribution >= 4 is 85.6 Å². The van der Waals surface area contributed by atoms with Crippen LogP contribution in [0.2, 0.25) is 0 Å². The van der Waals surface area contributed by atoms with Crippen LogP contribution < -0.4 is 0 Å². The second-order valence-corrected chi connectivity index (χ2v) is 12.3. The highest BCUT2D eigenvalue weighted by molar-refractivity contribution is 7.26. The summed E-state index contributed by atoms with van der Waals surface area (Å²) in [4.78, 5) is 0. The number of rotatable bonds is 2. The maximum atomic E-state index is 2.47. The van der Waals surface area contributed by atoms with Gasteiger partial charge in [-0.25, -0.2) is 0 Å². The second-order valence-electron chi connectivity index (χ2n) is 11.3. The molecule has 0 atom stereocenters. The van der Waals surface area contributed by atoms with Gasteiger partial charge >= 0.3 is 0 Å². The van der Waals surface area contributed by atoms with Crippen LogP contribution in [0.4, 0.5) is 0 Å². The third-order valence-corrected chi connectivity index (χ3v) is 10.3. The van der Waals surface area contributed by atoms with Gasteiger partial charge in [-0.15, -0.1) is 11.3 Å². The summed E-state index contributed by atoms with van der Waals surface area (Å²) in [6, 6.07) is 51.6. The average Bonchev–Trinajstić information content (AvgIpc) is 3.64. The highest BCUT2D eigenvalue weighted by Gasteiger charge is 2.22. The van der Waals surface area contributed by atoms with E-state index in [4.69, 9.17) is 0 Å². The molecule has 44 heavy (non-hydrogen) atoms. The minimum atomic E-state index is 1.18. The molecule has 208 valence electrons. The summed E-state index contributed by atoms with van der Waals surface area (Å²) in [5.41, 5.74) is 6.26. The van der Waals surface area contributed by atoms with Gasteiger partial charge in [-0.05, 0) is 68.2 Å². The quantitative estimate of drug-likeness (QED) is 0.180. The van der Waals surface area contributed by atoms with Crippen molar-refractivity contribution in [3.8, 4) is 16.8 Å². The molecule has 10 rings (SSSR count). The predicted octanol–water partition coefficient (Wildman–Crippen LogP) is 12.7. The summed E-state index contributed by atoms with van der Waals surface area (Å²) in [5.74, 6) is 0. The molecule has 0 saturated carbocycles. The molecule has 0 fully saturated rings. The van der Waals surface area contributed by atoms with Crippen LogP contribution in [-0.2, 0) is 0 Å². The fourth-order valence-electron chi connectivity index (χ4n) is 7.39. The largest absolute Gasteiger partial charge is 0.309 e. The standard InChI is InChI=1S/C40H23NS.C2H6/c1-2-11-27(12-3-1)41-33-17-8-14-29(31-16-7-15-30-28-13-4-5-18-35(28)42-40(30)31)38(33)39-32-22-21-25-10-6-9-24-19-20-26(23-34(39)41)37(32)36(24)25;1-2/h1-23H;1-2H3. The number of nitrogens with zero attached hydrogens (tertiary/aromatic N) is 1. The molecule has 0 radical (unpaired) electrons. The van der Waals surface area contributed by atoms with Crippen molar-refractivity contribution in [2.24, 2.45) is 0 Å². The molecule has 2 heteroatoms. The molecule has 0 saturated heterocycles. The average molecular weight is 580 g/mol. The Morgan fingerprint density at radius 2 is 1.11 bits per heavy atom. The van der Waals surface area contributed by atoms with E-state index in [2.05, 4.69) is 144 Å². The van der Waals surface area contributed by atoms with Crippen molar-refractivity contribution in [3.63, 3.8) is 0 Å². The Kier molecular flexibility index (Phi) is 5.57. The van der Waals surface area contributed by atoms with Crippen LogP contribution >= 0.6 is 11.3 Å². The van der Waals surface area contributed by atoms with Crippen molar-refractivity contribution in [1.29, 1.82) is 0 Å². The lowest BCUT2D eigenvalue weighted by atomic mass is 9.90. The van der Waals surface area contributed by atoms with E-state index in [1.54, 1.807) is 0 Å². The molecule has 8 aromatic carbocycles. The molecule has 0 aliphatic heterocycles. The van der Waals surface area contributed by atoms with E-state index in [1.165, 1.54) is 91.1 Å². The zero-order valence-corrected chi connectivity index (χ0v) is 25.5. The van der Waals surface area contributed by atoms with Gasteiger partial charge in [-0.3, -0.25) is 0 Å². The molecule has 0 spiro atoms. The number of hydrogen-bond acceptors (Lipinski definition) is 1. The van der Waals surface area contributed by atoms with Gasteiger partial charge in [0.05, 0.1) is 11.0 Å². The first-order valence-electron chi connectivity index (χ1n) is 15.4. The van der Waals surface area contributed by atoms with E-state index in [-0.39, 0.29) is 0 Å². The SMILES string of the molecule is CC.c1ccc(-n2c3cccc(-c4cccc5c4sc4ccccc45)c3c3c4ccc5cccc6ccc(cc32)c4c65)cc1. The molecule has 2 heterocycles. The Hall–Kier alpha value is -5.18. The minimum Gasteiger partial charge on any atom is -0.309 e. The number of benzene rings is 8. The van der Waals surface area contributed by atoms with Gasteiger partial charge in [0.1, 0.15) is 0 Å². The van der Waals surface area contributed by atoms with E-state index in [0.717, 1.165) is 0 Å². The van der Waals surface area contributed by atoms with Crippen LogP contribution in [-0.4, -0.2) is 4.57 Å². The first-order chi connectivity index (χ1) is 21.8. The monoisotopic (exact) mass is 579 g/mol. The van der Waals surface area contributed by atoms with Gasteiger partial charge in [-0.1, -0.05) is 123 Å². The van der Waals surface area contributed by atoms with Crippen LogP contribution in [0.15, 0.2) is 140 Å². The lowest BCUT2D eigenvalue weighted by Crippen LogP contribution is -1.93. The molecule has 1 nitrogen and oxygen atoms in total. The van der Waals surface area contributed by atoms with E-state index in [9.17, 15) is 0 Å². The van der Waals surface area contributed by atoms with Crippen molar-refractivity contribution in [2.75, 3.05) is 0 Å². The predicted molar refractivity (Wildman–Crippen MR) is 194 cm³/mol. The number of hydrogen-bond donors (Lipinski definition) is 0. The molecular weight excluding hydrogens is 551 g/mol. The third-order valence-electron chi connectivity index (χ3n) is 9.11. The summed E-state index contributed by atoms with van der Waals surface area (Å²) in [6.07, 6.45) is 0. The van der Waals surface area contributed by atoms with Crippen LogP contribution in [0, 0.1) is 0 Å². The maximum absolute atomic E-state index is 2.47. The van der Waals surface area contributed by atoms with E-state index >= 15 is 0 Å². The number of para-hydroxylation sites is 1. The van der Waals surface area contributed by atoms with E-state index in [1.807, 2.05) is 25.2 Å². The fourth-order valence-corrected chi connectivity index (χ4v) is 8.62. The van der Waals surface area contributed by atoms with Crippen LogP contribution in [0.25, 0.3) is 91.1 Å². The molecule has 10 aromatic rings. The first kappa shape index (κ1) is 25.3. The molecular formula is C42H29NS. The van der Waals surface area contributed by atoms with Crippen LogP contribution in [0.3, 0.4) is 0 Å². The smallest absolute Gasteiger partial charge is 0.0553 e. The number of thiophene rings is 1. The van der Waals surface area contributed by atoms with Crippen molar-refractivity contribution < 1.29 is 0 Å². The van der Waals surface area contributed by atoms with E-state index < -0.39 is 0 Å². The Bertz CT molecular complexity index is 2660. The van der Waals surface area contributed by atoms with Gasteiger partial charge in [0.2, 0.25) is 0 Å². The van der Waals surface area contributed by atoms with Crippen molar-refractivity contribution in [1.82, 2.24) is 4.57 Å². The van der Waals surface area contributed by atoms with Crippen molar-refractivity contribution in [3.05, 3.63) is 140 Å². The zero-order valence-electron chi connectivity index (χ0n) is 24.6. The topological polar surface area (TPSA) is 4.93 Å². The number of fused-ring (bicyclic) bond motifs is 7. The van der Waals surface area contributed by atoms with Crippen LogP contribution in [0.5, 0.6) is 0 Å². The lowest BCUT2D eigenvalue weighted by Gasteiger charge is -2.13. The summed E-state index contributed by atoms with van der Waals surface area (Å²) in [7, 11) is 0. The molecule has 0 aliphatic carbocycles. The van der Waals surface area contributed by atoms with Gasteiger partial charge in [-0.2, -0.15) is 0 Å². The van der Waals surface area contributed by atoms with Gasteiger partial charge < -0.3 is 4.57 Å². The Morgan fingerprint density at radius 3 is 1.98 bits per heavy atom. The Morgan fingerprint density at radius 1 is 0.432 bits per heavy atom. The van der Waals surface area contributed by atoms with E-state index in [0.29, 0.717) is 0 Å². The maximum Gasteiger partial charge on any atom is 0.0553 e. The normalized spacial score (nSPS) is 11.9. The molecule has 0 amide bonds. The molecule has 0 aliphatic rings. The summed E-state index contributed by atoms with van der Waals surface area (Å²) >= 11 is 1.90. The Balaban J connectivity index is 0.00000133.